The smallest absolute Gasteiger partial charge is 0.213 e. The third-order valence-electron chi connectivity index (χ3n) is 3.20. The van der Waals surface area contributed by atoms with Crippen molar-refractivity contribution in [3.63, 3.8) is 0 Å². The zero-order valence-electron chi connectivity index (χ0n) is 10.8. The number of imidazole rings is 2. The number of methoxy groups -OCH3 is 1. The van der Waals surface area contributed by atoms with E-state index in [0.29, 0.717) is 0 Å². The molecular weight excluding hydrogens is 308 g/mol. The highest BCUT2D eigenvalue weighted by Gasteiger charge is 2.15. The minimum Gasteiger partial charge on any atom is -0.494 e. The van der Waals surface area contributed by atoms with Crippen molar-refractivity contribution in [3.05, 3.63) is 28.5 Å². The Kier molecular flexibility index (Phi) is 3.20. The van der Waals surface area contributed by atoms with E-state index in [2.05, 4.69) is 35.6 Å². The molecule has 0 aliphatic heterocycles. The van der Waals surface area contributed by atoms with Crippen LogP contribution in [0, 0.1) is 0 Å². The summed E-state index contributed by atoms with van der Waals surface area (Å²) in [5.41, 5.74) is 3.05. The van der Waals surface area contributed by atoms with Crippen LogP contribution in [0.25, 0.3) is 16.8 Å². The lowest BCUT2D eigenvalue weighted by Crippen LogP contribution is -2.10. The molecule has 3 aromatic rings. The molecule has 0 saturated heterocycles. The molecule has 0 bridgehead atoms. The highest BCUT2D eigenvalue weighted by Crippen LogP contribution is 2.29. The van der Waals surface area contributed by atoms with E-state index in [4.69, 9.17) is 4.74 Å². The van der Waals surface area contributed by atoms with Crippen LogP contribution < -0.4 is 10.1 Å². The van der Waals surface area contributed by atoms with E-state index in [0.717, 1.165) is 45.8 Å². The number of H-pyrrole nitrogens is 1. The first kappa shape index (κ1) is 12.5. The molecule has 2 N–H and O–H groups in total. The molecule has 0 atom stereocenters. The van der Waals surface area contributed by atoms with E-state index < -0.39 is 0 Å². The third-order valence-corrected chi connectivity index (χ3v) is 4.03. The van der Waals surface area contributed by atoms with E-state index in [1.165, 1.54) is 0 Å². The Labute approximate surface area is 119 Å². The lowest BCUT2D eigenvalue weighted by Gasteiger charge is -2.01. The van der Waals surface area contributed by atoms with E-state index in [9.17, 15) is 0 Å². The van der Waals surface area contributed by atoms with Gasteiger partial charge in [0.25, 0.3) is 0 Å². The predicted octanol–water partition coefficient (Wildman–Crippen LogP) is 2.35. The predicted molar refractivity (Wildman–Crippen MR) is 78.9 cm³/mol. The molecule has 2 aromatic heterocycles. The van der Waals surface area contributed by atoms with Gasteiger partial charge in [0, 0.05) is 13.0 Å². The number of aromatic amines is 1. The Morgan fingerprint density at radius 2 is 2.32 bits per heavy atom. The van der Waals surface area contributed by atoms with E-state index in [1.54, 1.807) is 7.11 Å². The van der Waals surface area contributed by atoms with Gasteiger partial charge in [-0.2, -0.15) is 0 Å². The fourth-order valence-electron chi connectivity index (χ4n) is 2.26. The first-order valence-corrected chi connectivity index (χ1v) is 6.91. The standard InChI is InChI=1S/C13H15BrN4O/c1-15-7-6-8-12(14)18-9-4-3-5-10(19-2)11(9)17-13(18)16-8/h3-5,15H,6-7H2,1-2H3,(H,16,17). The van der Waals surface area contributed by atoms with Gasteiger partial charge in [-0.1, -0.05) is 6.07 Å². The van der Waals surface area contributed by atoms with E-state index >= 15 is 0 Å². The van der Waals surface area contributed by atoms with Crippen molar-refractivity contribution in [1.29, 1.82) is 0 Å². The molecule has 0 aliphatic rings. The third kappa shape index (κ3) is 1.91. The number of likely N-dealkylation sites (N-methyl/N-ethyl adjacent to an activating group) is 1. The highest BCUT2D eigenvalue weighted by atomic mass is 79.9. The number of aromatic nitrogens is 3. The molecule has 0 aliphatic carbocycles. The number of halogens is 1. The van der Waals surface area contributed by atoms with Crippen molar-refractivity contribution in [2.75, 3.05) is 20.7 Å². The first-order valence-electron chi connectivity index (χ1n) is 6.12. The van der Waals surface area contributed by atoms with Crippen molar-refractivity contribution in [3.8, 4) is 5.75 Å². The summed E-state index contributed by atoms with van der Waals surface area (Å²) in [4.78, 5) is 7.96. The molecule has 5 nitrogen and oxygen atoms in total. The van der Waals surface area contributed by atoms with Gasteiger partial charge in [0.15, 0.2) is 0 Å². The van der Waals surface area contributed by atoms with Crippen LogP contribution in [0.3, 0.4) is 0 Å². The fourth-order valence-corrected chi connectivity index (χ4v) is 2.91. The summed E-state index contributed by atoms with van der Waals surface area (Å²) in [5.74, 6) is 1.62. The molecule has 2 heterocycles. The Balaban J connectivity index is 2.22. The molecule has 3 rings (SSSR count). The van der Waals surface area contributed by atoms with Crippen LogP contribution in [0.15, 0.2) is 22.8 Å². The van der Waals surface area contributed by atoms with E-state index in [1.807, 2.05) is 25.2 Å². The summed E-state index contributed by atoms with van der Waals surface area (Å²) in [6, 6.07) is 5.94. The van der Waals surface area contributed by atoms with Gasteiger partial charge >= 0.3 is 0 Å². The van der Waals surface area contributed by atoms with Gasteiger partial charge in [0.2, 0.25) is 5.78 Å². The van der Waals surface area contributed by atoms with E-state index in [-0.39, 0.29) is 0 Å². The molecule has 0 radical (unpaired) electrons. The lowest BCUT2D eigenvalue weighted by atomic mass is 10.3. The van der Waals surface area contributed by atoms with Crippen molar-refractivity contribution < 1.29 is 4.74 Å². The topological polar surface area (TPSA) is 54.3 Å². The molecule has 0 unspecified atom stereocenters. The number of fused-ring (bicyclic) bond motifs is 3. The number of ether oxygens (including phenoxy) is 1. The average Bonchev–Trinajstić information content (AvgIpc) is 2.93. The largest absolute Gasteiger partial charge is 0.494 e. The Morgan fingerprint density at radius 1 is 1.47 bits per heavy atom. The Hall–Kier alpha value is -1.53. The number of nitrogens with zero attached hydrogens (tertiary/aromatic N) is 2. The average molecular weight is 323 g/mol. The maximum Gasteiger partial charge on any atom is 0.213 e. The molecule has 19 heavy (non-hydrogen) atoms. The summed E-state index contributed by atoms with van der Waals surface area (Å²) < 4.78 is 8.44. The second-order valence-electron chi connectivity index (χ2n) is 4.35. The summed E-state index contributed by atoms with van der Waals surface area (Å²) >= 11 is 3.65. The van der Waals surface area contributed by atoms with Gasteiger partial charge < -0.3 is 15.0 Å². The Bertz CT molecular complexity index is 731. The summed E-state index contributed by atoms with van der Waals surface area (Å²) in [6.45, 7) is 0.920. The maximum absolute atomic E-state index is 5.35. The second kappa shape index (κ2) is 4.86. The van der Waals surface area contributed by atoms with Crippen LogP contribution in [0.2, 0.25) is 0 Å². The molecule has 0 saturated carbocycles. The summed E-state index contributed by atoms with van der Waals surface area (Å²) in [7, 11) is 3.61. The number of para-hydroxylation sites is 1. The minimum atomic E-state index is 0.790. The normalized spacial score (nSPS) is 11.5. The quantitative estimate of drug-likeness (QED) is 0.775. The van der Waals surface area contributed by atoms with Crippen LogP contribution in [-0.2, 0) is 6.42 Å². The molecule has 1 aromatic carbocycles. The number of rotatable bonds is 4. The van der Waals surface area contributed by atoms with Gasteiger partial charge in [-0.3, -0.25) is 4.40 Å². The lowest BCUT2D eigenvalue weighted by molar-refractivity contribution is 0.419. The molecule has 0 amide bonds. The van der Waals surface area contributed by atoms with Crippen molar-refractivity contribution >= 4 is 32.7 Å². The minimum absolute atomic E-state index is 0.790. The highest BCUT2D eigenvalue weighted by molar-refractivity contribution is 9.10. The second-order valence-corrected chi connectivity index (χ2v) is 5.10. The summed E-state index contributed by atoms with van der Waals surface area (Å²) in [6.07, 6.45) is 0.923. The first-order chi connectivity index (χ1) is 9.26. The number of hydrogen-bond acceptors (Lipinski definition) is 3. The van der Waals surface area contributed by atoms with Gasteiger partial charge in [-0.15, -0.1) is 0 Å². The zero-order valence-corrected chi connectivity index (χ0v) is 12.4. The molecule has 100 valence electrons. The number of hydrogen-bond donors (Lipinski definition) is 2. The zero-order chi connectivity index (χ0) is 13.4. The van der Waals surface area contributed by atoms with Crippen LogP contribution in [0.4, 0.5) is 0 Å². The van der Waals surface area contributed by atoms with Crippen molar-refractivity contribution in [1.82, 2.24) is 19.7 Å². The van der Waals surface area contributed by atoms with Crippen LogP contribution in [0.1, 0.15) is 5.69 Å². The maximum atomic E-state index is 5.35. The van der Waals surface area contributed by atoms with Gasteiger partial charge in [-0.05, 0) is 35.1 Å². The fraction of sp³-hybridized carbons (Fsp3) is 0.308. The van der Waals surface area contributed by atoms with Gasteiger partial charge in [0.1, 0.15) is 15.9 Å². The van der Waals surface area contributed by atoms with Crippen molar-refractivity contribution in [2.24, 2.45) is 0 Å². The Morgan fingerprint density at radius 3 is 3.05 bits per heavy atom. The summed E-state index contributed by atoms with van der Waals surface area (Å²) in [5, 5.41) is 3.14. The SMILES string of the molecule is CNCCc1[nH]c2nc3c(OC)cccc3n2c1Br. The van der Waals surface area contributed by atoms with Crippen LogP contribution in [-0.4, -0.2) is 35.1 Å². The van der Waals surface area contributed by atoms with Gasteiger partial charge in [-0.25, -0.2) is 4.98 Å². The van der Waals surface area contributed by atoms with Crippen LogP contribution >= 0.6 is 15.9 Å². The van der Waals surface area contributed by atoms with Crippen LogP contribution in [0.5, 0.6) is 5.75 Å². The molecule has 0 fully saturated rings. The van der Waals surface area contributed by atoms with Crippen molar-refractivity contribution in [2.45, 2.75) is 6.42 Å². The number of benzene rings is 1. The van der Waals surface area contributed by atoms with Gasteiger partial charge in [0.05, 0.1) is 18.3 Å². The molecule has 6 heteroatoms. The molecule has 0 spiro atoms. The number of nitrogens with one attached hydrogen (secondary N) is 2. The monoisotopic (exact) mass is 322 g/mol. The molecular formula is C13H15BrN4O.